The number of rotatable bonds is 3. The molecule has 0 spiro atoms. The van der Waals surface area contributed by atoms with Crippen LogP contribution in [0, 0.1) is 29.1 Å². The Hall–Kier alpha value is -1.37. The van der Waals surface area contributed by atoms with E-state index in [9.17, 15) is 26.7 Å². The molecule has 0 saturated carbocycles. The van der Waals surface area contributed by atoms with Gasteiger partial charge >= 0.3 is 0 Å². The first-order valence-electron chi connectivity index (χ1n) is 5.48. The van der Waals surface area contributed by atoms with Gasteiger partial charge in [0.2, 0.25) is 5.82 Å². The number of alkyl halides is 1. The summed E-state index contributed by atoms with van der Waals surface area (Å²) in [5.74, 6) is -12.5. The van der Waals surface area contributed by atoms with Crippen molar-refractivity contribution in [1.82, 2.24) is 5.32 Å². The maximum Gasteiger partial charge on any atom is 0.257 e. The van der Waals surface area contributed by atoms with Crippen LogP contribution in [0.5, 0.6) is 0 Å². The van der Waals surface area contributed by atoms with Crippen LogP contribution < -0.4 is 5.32 Å². The first-order valence-corrected chi connectivity index (χ1v) is 5.92. The lowest BCUT2D eigenvalue weighted by molar-refractivity contribution is 0.0900. The third-order valence-electron chi connectivity index (χ3n) is 2.87. The van der Waals surface area contributed by atoms with Gasteiger partial charge in [-0.05, 0) is 20.8 Å². The molecule has 2 nitrogen and oxygen atoms in total. The average molecular weight is 316 g/mol. The molecule has 0 aliphatic heterocycles. The van der Waals surface area contributed by atoms with Crippen molar-refractivity contribution < 1.29 is 26.7 Å². The average Bonchev–Trinajstić information content (AvgIpc) is 2.33. The van der Waals surface area contributed by atoms with Gasteiger partial charge in [0.05, 0.1) is 10.9 Å². The molecule has 1 aromatic rings. The lowest BCUT2D eigenvalue weighted by Crippen LogP contribution is -2.49. The molecule has 0 radical (unpaired) electrons. The summed E-state index contributed by atoms with van der Waals surface area (Å²) in [7, 11) is 0. The van der Waals surface area contributed by atoms with Crippen molar-refractivity contribution in [3.8, 4) is 0 Å². The minimum atomic E-state index is -2.32. The molecule has 0 aliphatic rings. The number of benzene rings is 1. The molecule has 8 heteroatoms. The summed E-state index contributed by atoms with van der Waals surface area (Å²) in [5, 5.41) is 1.48. The highest BCUT2D eigenvalue weighted by atomic mass is 35.5. The molecule has 0 heterocycles. The van der Waals surface area contributed by atoms with Crippen LogP contribution in [0.3, 0.4) is 0 Å². The number of hydrogen-bond acceptors (Lipinski definition) is 1. The summed E-state index contributed by atoms with van der Waals surface area (Å²) < 4.78 is 65.7. The zero-order chi connectivity index (χ0) is 15.8. The Balaban J connectivity index is 3.32. The molecule has 1 unspecified atom stereocenters. The quantitative estimate of drug-likeness (QED) is 0.393. The van der Waals surface area contributed by atoms with Gasteiger partial charge in [-0.15, -0.1) is 11.6 Å². The normalized spacial score (nSPS) is 13.2. The Bertz CT molecular complexity index is 530. The van der Waals surface area contributed by atoms with Gasteiger partial charge in [0.25, 0.3) is 5.91 Å². The first-order chi connectivity index (χ1) is 9.00. The van der Waals surface area contributed by atoms with Gasteiger partial charge in [0.1, 0.15) is 5.56 Å². The van der Waals surface area contributed by atoms with E-state index in [1.54, 1.807) is 0 Å². The smallest absolute Gasteiger partial charge is 0.257 e. The maximum atomic E-state index is 13.4. The maximum absolute atomic E-state index is 13.4. The Morgan fingerprint density at radius 2 is 1.35 bits per heavy atom. The summed E-state index contributed by atoms with van der Waals surface area (Å²) in [6.07, 6.45) is 0. The topological polar surface area (TPSA) is 29.1 Å². The van der Waals surface area contributed by atoms with E-state index in [0.29, 0.717) is 0 Å². The second-order valence-corrected chi connectivity index (χ2v) is 5.39. The van der Waals surface area contributed by atoms with Crippen LogP contribution in [0.15, 0.2) is 0 Å². The van der Waals surface area contributed by atoms with Gasteiger partial charge < -0.3 is 5.32 Å². The third-order valence-corrected chi connectivity index (χ3v) is 3.41. The first kappa shape index (κ1) is 16.7. The number of hydrogen-bond donors (Lipinski definition) is 1. The van der Waals surface area contributed by atoms with E-state index in [0.717, 1.165) is 0 Å². The van der Waals surface area contributed by atoms with Gasteiger partial charge in [-0.3, -0.25) is 4.79 Å². The van der Waals surface area contributed by atoms with Crippen molar-refractivity contribution in [2.45, 2.75) is 31.7 Å². The molecular weight excluding hydrogens is 305 g/mol. The van der Waals surface area contributed by atoms with Crippen LogP contribution in [-0.2, 0) is 0 Å². The highest BCUT2D eigenvalue weighted by Crippen LogP contribution is 2.24. The van der Waals surface area contributed by atoms with E-state index in [1.165, 1.54) is 20.8 Å². The molecule has 0 bridgehead atoms. The molecule has 0 fully saturated rings. The largest absolute Gasteiger partial charge is 0.345 e. The summed E-state index contributed by atoms with van der Waals surface area (Å²) in [6.45, 7) is 4.38. The second-order valence-electron chi connectivity index (χ2n) is 4.74. The minimum Gasteiger partial charge on any atom is -0.345 e. The highest BCUT2D eigenvalue weighted by molar-refractivity contribution is 6.21. The number of carbonyl (C=O) groups excluding carboxylic acids is 1. The van der Waals surface area contributed by atoms with Crippen LogP contribution in [0.2, 0.25) is 0 Å². The van der Waals surface area contributed by atoms with Crippen molar-refractivity contribution in [3.05, 3.63) is 34.6 Å². The monoisotopic (exact) mass is 315 g/mol. The molecule has 1 N–H and O–H groups in total. The standard InChI is InChI=1S/C12H11ClF5NO/c1-4(13)12(2,3)19-11(20)5-6(14)8(16)10(18)9(17)7(5)15/h4H,1-3H3,(H,19,20). The predicted molar refractivity (Wildman–Crippen MR) is 63.1 cm³/mol. The van der Waals surface area contributed by atoms with Crippen LogP contribution in [0.1, 0.15) is 31.1 Å². The zero-order valence-electron chi connectivity index (χ0n) is 10.8. The Kier molecular flexibility index (Phi) is 4.63. The van der Waals surface area contributed by atoms with E-state index < -0.39 is 51.5 Å². The lowest BCUT2D eigenvalue weighted by atomic mass is 10.0. The van der Waals surface area contributed by atoms with E-state index in [-0.39, 0.29) is 0 Å². The molecule has 0 saturated heterocycles. The predicted octanol–water partition coefficient (Wildman–Crippen LogP) is 3.52. The second kappa shape index (κ2) is 5.55. The van der Waals surface area contributed by atoms with Gasteiger partial charge in [0, 0.05) is 0 Å². The molecule has 0 aromatic heterocycles. The van der Waals surface area contributed by atoms with E-state index in [4.69, 9.17) is 11.6 Å². The number of amides is 1. The van der Waals surface area contributed by atoms with Crippen molar-refractivity contribution in [2.24, 2.45) is 0 Å². The van der Waals surface area contributed by atoms with Crippen LogP contribution in [0.25, 0.3) is 0 Å². The molecular formula is C12H11ClF5NO. The van der Waals surface area contributed by atoms with E-state index in [1.807, 2.05) is 0 Å². The molecule has 1 atom stereocenters. The SMILES string of the molecule is CC(Cl)C(C)(C)NC(=O)c1c(F)c(F)c(F)c(F)c1F. The fourth-order valence-electron chi connectivity index (χ4n) is 1.26. The molecule has 1 aromatic carbocycles. The van der Waals surface area contributed by atoms with Gasteiger partial charge in [0.15, 0.2) is 23.3 Å². The lowest BCUT2D eigenvalue weighted by Gasteiger charge is -2.29. The molecule has 1 rings (SSSR count). The van der Waals surface area contributed by atoms with Crippen molar-refractivity contribution in [2.75, 3.05) is 0 Å². The molecule has 112 valence electrons. The fraction of sp³-hybridized carbons (Fsp3) is 0.417. The highest BCUT2D eigenvalue weighted by Gasteiger charge is 2.33. The molecule has 0 aliphatic carbocycles. The van der Waals surface area contributed by atoms with Crippen molar-refractivity contribution in [1.29, 1.82) is 0 Å². The van der Waals surface area contributed by atoms with Crippen LogP contribution >= 0.6 is 11.6 Å². The Labute approximate surface area is 116 Å². The number of carbonyl (C=O) groups is 1. The van der Waals surface area contributed by atoms with Gasteiger partial charge in [-0.1, -0.05) is 0 Å². The third kappa shape index (κ3) is 2.87. The Morgan fingerprint density at radius 3 is 1.70 bits per heavy atom. The van der Waals surface area contributed by atoms with Gasteiger partial charge in [-0.25, -0.2) is 22.0 Å². The Morgan fingerprint density at radius 1 is 1.00 bits per heavy atom. The van der Waals surface area contributed by atoms with Gasteiger partial charge in [-0.2, -0.15) is 0 Å². The van der Waals surface area contributed by atoms with Crippen LogP contribution in [0.4, 0.5) is 22.0 Å². The summed E-state index contributed by atoms with van der Waals surface area (Å²) in [5.41, 5.74) is -2.65. The molecule has 20 heavy (non-hydrogen) atoms. The molecule has 1 amide bonds. The number of halogens is 6. The van der Waals surface area contributed by atoms with E-state index in [2.05, 4.69) is 5.32 Å². The zero-order valence-corrected chi connectivity index (χ0v) is 11.5. The van der Waals surface area contributed by atoms with E-state index >= 15 is 0 Å². The fourth-order valence-corrected chi connectivity index (χ4v) is 1.31. The summed E-state index contributed by atoms with van der Waals surface area (Å²) >= 11 is 5.76. The van der Waals surface area contributed by atoms with Crippen LogP contribution in [-0.4, -0.2) is 16.8 Å². The summed E-state index contributed by atoms with van der Waals surface area (Å²) in [4.78, 5) is 11.7. The van der Waals surface area contributed by atoms with Crippen molar-refractivity contribution >= 4 is 17.5 Å². The summed E-state index contributed by atoms with van der Waals surface area (Å²) in [6, 6.07) is 0. The minimum absolute atomic E-state index is 0.646. The number of nitrogens with one attached hydrogen (secondary N) is 1. The van der Waals surface area contributed by atoms with Crippen molar-refractivity contribution in [3.63, 3.8) is 0 Å².